The van der Waals surface area contributed by atoms with Gasteiger partial charge in [-0.2, -0.15) is 11.8 Å². The number of benzene rings is 2. The molecule has 50 heavy (non-hydrogen) atoms. The molecule has 262 valence electrons. The van der Waals surface area contributed by atoms with E-state index in [1.165, 1.54) is 15.2 Å². The van der Waals surface area contributed by atoms with Crippen LogP contribution >= 0.6 is 11.8 Å². The third-order valence-corrected chi connectivity index (χ3v) is 11.1. The number of H-pyrrole nitrogens is 1. The molecule has 2 N–H and O–H groups in total. The number of imidazole rings is 1. The van der Waals surface area contributed by atoms with Crippen molar-refractivity contribution in [2.24, 2.45) is 13.0 Å². The van der Waals surface area contributed by atoms with Crippen LogP contribution in [0.25, 0.3) is 21.9 Å². The molecule has 0 spiro atoms. The molecule has 2 amide bonds. The van der Waals surface area contributed by atoms with Gasteiger partial charge in [0.1, 0.15) is 28.8 Å². The predicted molar refractivity (Wildman–Crippen MR) is 188 cm³/mol. The molecule has 3 saturated heterocycles. The van der Waals surface area contributed by atoms with Crippen LogP contribution in [0.2, 0.25) is 0 Å². The van der Waals surface area contributed by atoms with Crippen LogP contribution in [-0.2, 0) is 27.1 Å². The fourth-order valence-corrected chi connectivity index (χ4v) is 8.04. The number of hydrogen-bond acceptors (Lipinski definition) is 9. The standard InChI is InChI=1S/C36H39FN6O6S/c1-41-33-23(4-2-6-28(33)43(36(41)47)29-7-8-31(44)40-34(29)45)5-3-13-42-14-9-22(10-15-42)20-49-24-18-26(37)32-27(19-24)38-30(39-35(32)46)21-50-25-11-16-48-17-12-25/h2,4,6,18-19,22,25,29H,7-17,20-21H2,1H3,(H,38,39,46)(H,40,44,45). The number of carbonyl (C=O) groups excluding carboxylic acids is 2. The Balaban J connectivity index is 0.948. The maximum Gasteiger partial charge on any atom is 0.329 e. The smallest absolute Gasteiger partial charge is 0.329 e. The number of nitrogens with zero attached hydrogens (tertiary/aromatic N) is 4. The van der Waals surface area contributed by atoms with Gasteiger partial charge >= 0.3 is 5.69 Å². The third-order valence-electron chi connectivity index (χ3n) is 9.75. The van der Waals surface area contributed by atoms with Gasteiger partial charge in [-0.1, -0.05) is 17.9 Å². The number of imide groups is 1. The SMILES string of the molecule is Cn1c(=O)n(C2CCC(=O)NC2=O)c2cccc(C#CCN3CCC(COc4cc(F)c5c(=O)[nH]c(CSC6CCOCC6)nc5c4)CC3)c21. The highest BCUT2D eigenvalue weighted by Gasteiger charge is 2.31. The number of aromatic amines is 1. The quantitative estimate of drug-likeness (QED) is 0.209. The van der Waals surface area contributed by atoms with Crippen LogP contribution in [0.5, 0.6) is 5.75 Å². The lowest BCUT2D eigenvalue weighted by Gasteiger charge is -2.30. The van der Waals surface area contributed by atoms with Gasteiger partial charge in [0, 0.05) is 44.1 Å². The molecular weight excluding hydrogens is 663 g/mol. The molecule has 3 fully saturated rings. The van der Waals surface area contributed by atoms with E-state index in [1.54, 1.807) is 30.9 Å². The van der Waals surface area contributed by atoms with E-state index in [2.05, 4.69) is 32.0 Å². The van der Waals surface area contributed by atoms with Crippen molar-refractivity contribution in [3.05, 3.63) is 68.4 Å². The zero-order valence-corrected chi connectivity index (χ0v) is 28.7. The van der Waals surface area contributed by atoms with E-state index in [0.29, 0.717) is 57.8 Å². The van der Waals surface area contributed by atoms with Crippen LogP contribution in [0, 0.1) is 23.6 Å². The lowest BCUT2D eigenvalue weighted by atomic mass is 9.98. The molecule has 2 aromatic carbocycles. The lowest BCUT2D eigenvalue weighted by Crippen LogP contribution is -2.44. The van der Waals surface area contributed by atoms with Crippen molar-refractivity contribution in [3.63, 3.8) is 0 Å². The van der Waals surface area contributed by atoms with Gasteiger partial charge in [-0.25, -0.2) is 14.2 Å². The molecule has 7 rings (SSSR count). The molecule has 4 aromatic rings. The topological polar surface area (TPSA) is 141 Å². The van der Waals surface area contributed by atoms with E-state index in [1.807, 2.05) is 12.1 Å². The van der Waals surface area contributed by atoms with Gasteiger partial charge in [-0.15, -0.1) is 0 Å². The summed E-state index contributed by atoms with van der Waals surface area (Å²) in [7, 11) is 1.67. The fourth-order valence-electron chi connectivity index (χ4n) is 6.98. The summed E-state index contributed by atoms with van der Waals surface area (Å²) in [6.45, 7) is 4.12. The van der Waals surface area contributed by atoms with E-state index < -0.39 is 23.3 Å². The minimum Gasteiger partial charge on any atom is -0.493 e. The number of hydrogen-bond donors (Lipinski definition) is 2. The van der Waals surface area contributed by atoms with E-state index in [4.69, 9.17) is 9.47 Å². The van der Waals surface area contributed by atoms with Crippen LogP contribution in [-0.4, -0.2) is 80.5 Å². The number of halogens is 1. The lowest BCUT2D eigenvalue weighted by molar-refractivity contribution is -0.135. The van der Waals surface area contributed by atoms with Gasteiger partial charge in [0.15, 0.2) is 0 Å². The molecule has 2 aromatic heterocycles. The molecule has 0 radical (unpaired) electrons. The maximum absolute atomic E-state index is 15.0. The van der Waals surface area contributed by atoms with E-state index >= 15 is 0 Å². The molecule has 3 aliphatic rings. The molecule has 14 heteroatoms. The number of rotatable bonds is 8. The van der Waals surface area contributed by atoms with Crippen molar-refractivity contribution < 1.29 is 23.5 Å². The Morgan fingerprint density at radius 2 is 1.88 bits per heavy atom. The number of nitrogens with one attached hydrogen (secondary N) is 2. The Hall–Kier alpha value is -4.45. The average molecular weight is 703 g/mol. The minimum absolute atomic E-state index is 0.0584. The van der Waals surface area contributed by atoms with Gasteiger partial charge < -0.3 is 14.5 Å². The summed E-state index contributed by atoms with van der Waals surface area (Å²) in [5.41, 5.74) is 1.45. The summed E-state index contributed by atoms with van der Waals surface area (Å²) in [4.78, 5) is 59.7. The molecule has 1 atom stereocenters. The van der Waals surface area contributed by atoms with Crippen molar-refractivity contribution >= 4 is 45.5 Å². The van der Waals surface area contributed by atoms with Crippen LogP contribution in [0.15, 0.2) is 39.9 Å². The highest BCUT2D eigenvalue weighted by Crippen LogP contribution is 2.28. The predicted octanol–water partition coefficient (Wildman–Crippen LogP) is 3.25. The second-order valence-electron chi connectivity index (χ2n) is 13.1. The number of amides is 2. The number of thioether (sulfide) groups is 1. The highest BCUT2D eigenvalue weighted by molar-refractivity contribution is 7.99. The monoisotopic (exact) mass is 702 g/mol. The first-order chi connectivity index (χ1) is 24.2. The number of aromatic nitrogens is 4. The minimum atomic E-state index is -0.747. The maximum atomic E-state index is 15.0. The van der Waals surface area contributed by atoms with Gasteiger partial charge in [0.25, 0.3) is 5.56 Å². The first kappa shape index (κ1) is 34.0. The Labute approximate surface area is 291 Å². The highest BCUT2D eigenvalue weighted by atomic mass is 32.2. The molecule has 1 unspecified atom stereocenters. The molecule has 5 heterocycles. The van der Waals surface area contributed by atoms with Crippen LogP contribution in [0.4, 0.5) is 4.39 Å². The summed E-state index contributed by atoms with van der Waals surface area (Å²) in [6, 6.07) is 7.64. The number of piperidine rings is 2. The second kappa shape index (κ2) is 14.8. The van der Waals surface area contributed by atoms with E-state index in [-0.39, 0.29) is 35.7 Å². The normalized spacial score (nSPS) is 19.4. The molecule has 0 aliphatic carbocycles. The molecule has 0 saturated carbocycles. The van der Waals surface area contributed by atoms with Crippen LogP contribution in [0.3, 0.4) is 0 Å². The molecule has 12 nitrogen and oxygen atoms in total. The van der Waals surface area contributed by atoms with Crippen molar-refractivity contribution in [1.82, 2.24) is 29.3 Å². The average Bonchev–Trinajstić information content (AvgIpc) is 3.36. The number of likely N-dealkylation sites (tertiary alicyclic amines) is 1. The Bertz CT molecular complexity index is 2120. The number of aryl methyl sites for hydroxylation is 1. The summed E-state index contributed by atoms with van der Waals surface area (Å²) in [5.74, 6) is 6.76. The van der Waals surface area contributed by atoms with Crippen molar-refractivity contribution in [3.8, 4) is 17.6 Å². The largest absolute Gasteiger partial charge is 0.493 e. The van der Waals surface area contributed by atoms with Gasteiger partial charge in [-0.3, -0.25) is 33.7 Å². The van der Waals surface area contributed by atoms with Crippen molar-refractivity contribution in [1.29, 1.82) is 0 Å². The molecule has 0 bridgehead atoms. The second-order valence-corrected chi connectivity index (χ2v) is 14.4. The van der Waals surface area contributed by atoms with Gasteiger partial charge in [0.05, 0.1) is 41.0 Å². The van der Waals surface area contributed by atoms with E-state index in [0.717, 1.165) is 52.0 Å². The van der Waals surface area contributed by atoms with Gasteiger partial charge in [-0.05, 0) is 63.2 Å². The first-order valence-corrected chi connectivity index (χ1v) is 18.1. The molecular formula is C36H39FN6O6S. The third kappa shape index (κ3) is 7.21. The van der Waals surface area contributed by atoms with Crippen molar-refractivity contribution in [2.75, 3.05) is 39.5 Å². The number of ether oxygens (including phenoxy) is 2. The van der Waals surface area contributed by atoms with Gasteiger partial charge in [0.2, 0.25) is 11.8 Å². The Morgan fingerprint density at radius 3 is 2.66 bits per heavy atom. The number of carbonyl (C=O) groups is 2. The van der Waals surface area contributed by atoms with Crippen molar-refractivity contribution in [2.45, 2.75) is 55.6 Å². The Kier molecular flexibility index (Phi) is 10.1. The number of para-hydroxylation sites is 1. The number of fused-ring (bicyclic) bond motifs is 2. The summed E-state index contributed by atoms with van der Waals surface area (Å²) >= 11 is 1.73. The molecule has 3 aliphatic heterocycles. The summed E-state index contributed by atoms with van der Waals surface area (Å²) in [5, 5.41) is 2.73. The zero-order chi connectivity index (χ0) is 34.8. The Morgan fingerprint density at radius 1 is 1.08 bits per heavy atom. The van der Waals surface area contributed by atoms with Crippen LogP contribution < -0.4 is 21.3 Å². The zero-order valence-electron chi connectivity index (χ0n) is 27.8. The first-order valence-electron chi connectivity index (χ1n) is 17.0. The fraction of sp³-hybridized carbons (Fsp3) is 0.472. The van der Waals surface area contributed by atoms with Crippen LogP contribution in [0.1, 0.15) is 56.0 Å². The summed E-state index contributed by atoms with van der Waals surface area (Å²) in [6.07, 6.45) is 4.17. The van der Waals surface area contributed by atoms with E-state index in [9.17, 15) is 23.6 Å². The summed E-state index contributed by atoms with van der Waals surface area (Å²) < 4.78 is 29.4.